The van der Waals surface area contributed by atoms with Crippen molar-refractivity contribution in [2.24, 2.45) is 0 Å². The number of nitrogens with zero attached hydrogens (tertiary/aromatic N) is 1. The van der Waals surface area contributed by atoms with Crippen LogP contribution in [-0.2, 0) is 17.8 Å². The highest BCUT2D eigenvalue weighted by atomic mass is 79.9. The van der Waals surface area contributed by atoms with Crippen LogP contribution in [0.1, 0.15) is 22.5 Å². The Balaban J connectivity index is 1.94. The lowest BCUT2D eigenvalue weighted by Gasteiger charge is -2.07. The molecule has 0 radical (unpaired) electrons. The molecule has 0 fully saturated rings. The van der Waals surface area contributed by atoms with E-state index in [2.05, 4.69) is 31.4 Å². The number of halogens is 1. The standard InChI is InChI=1S/C14H16BrN3O/c1-9-12(10(2)18-17-9)7-14(19)16-8-11-5-3-4-6-13(11)15/h3-6H,7-8H2,1-2H3,(H,16,19)(H,17,18). The first-order valence-electron chi connectivity index (χ1n) is 6.08. The topological polar surface area (TPSA) is 57.8 Å². The van der Waals surface area contributed by atoms with Gasteiger partial charge in [-0.3, -0.25) is 9.89 Å². The zero-order chi connectivity index (χ0) is 13.8. The number of hydrogen-bond donors (Lipinski definition) is 2. The van der Waals surface area contributed by atoms with Gasteiger partial charge in [-0.15, -0.1) is 0 Å². The molecule has 1 heterocycles. The average molecular weight is 322 g/mol. The minimum Gasteiger partial charge on any atom is -0.352 e. The smallest absolute Gasteiger partial charge is 0.224 e. The molecule has 100 valence electrons. The summed E-state index contributed by atoms with van der Waals surface area (Å²) in [5, 5.41) is 9.90. The Morgan fingerprint density at radius 2 is 2.11 bits per heavy atom. The molecule has 0 aliphatic rings. The molecule has 0 saturated heterocycles. The summed E-state index contributed by atoms with van der Waals surface area (Å²) in [6.07, 6.45) is 0.360. The Morgan fingerprint density at radius 1 is 1.37 bits per heavy atom. The summed E-state index contributed by atoms with van der Waals surface area (Å²) in [5.41, 5.74) is 3.88. The number of aromatic amines is 1. The molecular weight excluding hydrogens is 306 g/mol. The molecule has 0 atom stereocenters. The van der Waals surface area contributed by atoms with Gasteiger partial charge in [0.15, 0.2) is 0 Å². The van der Waals surface area contributed by atoms with E-state index in [0.717, 1.165) is 27.0 Å². The van der Waals surface area contributed by atoms with Crippen LogP contribution in [0.25, 0.3) is 0 Å². The summed E-state index contributed by atoms with van der Waals surface area (Å²) in [5.74, 6) is 0.00310. The fraction of sp³-hybridized carbons (Fsp3) is 0.286. The van der Waals surface area contributed by atoms with Crippen LogP contribution in [0.3, 0.4) is 0 Å². The van der Waals surface area contributed by atoms with Gasteiger partial charge in [0.05, 0.1) is 12.1 Å². The summed E-state index contributed by atoms with van der Waals surface area (Å²) in [6, 6.07) is 7.86. The first kappa shape index (κ1) is 13.8. The van der Waals surface area contributed by atoms with Gasteiger partial charge in [0, 0.05) is 22.3 Å². The van der Waals surface area contributed by atoms with Gasteiger partial charge < -0.3 is 5.32 Å². The van der Waals surface area contributed by atoms with Crippen molar-refractivity contribution in [1.29, 1.82) is 0 Å². The molecule has 2 rings (SSSR count). The van der Waals surface area contributed by atoms with Gasteiger partial charge in [0.2, 0.25) is 5.91 Å². The Labute approximate surface area is 120 Å². The van der Waals surface area contributed by atoms with E-state index in [4.69, 9.17) is 0 Å². The van der Waals surface area contributed by atoms with Crippen LogP contribution < -0.4 is 5.32 Å². The van der Waals surface area contributed by atoms with E-state index in [-0.39, 0.29) is 5.91 Å². The third-order valence-corrected chi connectivity index (χ3v) is 3.83. The minimum atomic E-state index is 0.00310. The molecule has 0 spiro atoms. The molecule has 0 aliphatic carbocycles. The molecule has 1 aromatic carbocycles. The second-order valence-electron chi connectivity index (χ2n) is 4.46. The van der Waals surface area contributed by atoms with Gasteiger partial charge in [-0.05, 0) is 25.5 Å². The lowest BCUT2D eigenvalue weighted by atomic mass is 10.1. The summed E-state index contributed by atoms with van der Waals surface area (Å²) in [4.78, 5) is 11.9. The Bertz CT molecular complexity index is 573. The monoisotopic (exact) mass is 321 g/mol. The maximum absolute atomic E-state index is 11.9. The predicted molar refractivity (Wildman–Crippen MR) is 77.8 cm³/mol. The number of benzene rings is 1. The molecular formula is C14H16BrN3O. The average Bonchev–Trinajstić information content (AvgIpc) is 2.70. The van der Waals surface area contributed by atoms with E-state index in [1.807, 2.05) is 38.1 Å². The number of carbonyl (C=O) groups is 1. The zero-order valence-corrected chi connectivity index (χ0v) is 12.5. The fourth-order valence-corrected chi connectivity index (χ4v) is 2.32. The van der Waals surface area contributed by atoms with Gasteiger partial charge in [0.1, 0.15) is 0 Å². The minimum absolute atomic E-state index is 0.00310. The van der Waals surface area contributed by atoms with Crippen molar-refractivity contribution < 1.29 is 4.79 Å². The number of rotatable bonds is 4. The molecule has 1 amide bonds. The largest absolute Gasteiger partial charge is 0.352 e. The molecule has 0 bridgehead atoms. The van der Waals surface area contributed by atoms with Crippen molar-refractivity contribution >= 4 is 21.8 Å². The van der Waals surface area contributed by atoms with E-state index >= 15 is 0 Å². The van der Waals surface area contributed by atoms with E-state index in [1.165, 1.54) is 0 Å². The number of carbonyl (C=O) groups excluding carboxylic acids is 1. The van der Waals surface area contributed by atoms with E-state index in [0.29, 0.717) is 13.0 Å². The van der Waals surface area contributed by atoms with E-state index in [9.17, 15) is 4.79 Å². The number of aromatic nitrogens is 2. The number of nitrogens with one attached hydrogen (secondary N) is 2. The summed E-state index contributed by atoms with van der Waals surface area (Å²) in [6.45, 7) is 4.35. The first-order chi connectivity index (χ1) is 9.08. The van der Waals surface area contributed by atoms with Crippen LogP contribution in [0.4, 0.5) is 0 Å². The van der Waals surface area contributed by atoms with Gasteiger partial charge in [-0.25, -0.2) is 0 Å². The van der Waals surface area contributed by atoms with Crippen molar-refractivity contribution in [1.82, 2.24) is 15.5 Å². The van der Waals surface area contributed by atoms with Crippen LogP contribution in [0.2, 0.25) is 0 Å². The van der Waals surface area contributed by atoms with Crippen molar-refractivity contribution in [3.8, 4) is 0 Å². The number of hydrogen-bond acceptors (Lipinski definition) is 2. The van der Waals surface area contributed by atoms with E-state index in [1.54, 1.807) is 0 Å². The normalized spacial score (nSPS) is 10.5. The molecule has 4 nitrogen and oxygen atoms in total. The van der Waals surface area contributed by atoms with Gasteiger partial charge in [-0.2, -0.15) is 5.10 Å². The summed E-state index contributed by atoms with van der Waals surface area (Å²) >= 11 is 3.46. The molecule has 2 aromatic rings. The first-order valence-corrected chi connectivity index (χ1v) is 6.87. The Morgan fingerprint density at radius 3 is 2.74 bits per heavy atom. The maximum atomic E-state index is 11.9. The molecule has 0 aliphatic heterocycles. The third kappa shape index (κ3) is 3.44. The molecule has 2 N–H and O–H groups in total. The van der Waals surface area contributed by atoms with Crippen LogP contribution >= 0.6 is 15.9 Å². The van der Waals surface area contributed by atoms with Gasteiger partial charge in [0.25, 0.3) is 0 Å². The molecule has 0 saturated carbocycles. The van der Waals surface area contributed by atoms with Crippen LogP contribution in [0.5, 0.6) is 0 Å². The molecule has 19 heavy (non-hydrogen) atoms. The summed E-state index contributed by atoms with van der Waals surface area (Å²) < 4.78 is 1.01. The summed E-state index contributed by atoms with van der Waals surface area (Å²) in [7, 11) is 0. The highest BCUT2D eigenvalue weighted by molar-refractivity contribution is 9.10. The SMILES string of the molecule is Cc1n[nH]c(C)c1CC(=O)NCc1ccccc1Br. The van der Waals surface area contributed by atoms with Gasteiger partial charge in [-0.1, -0.05) is 34.1 Å². The highest BCUT2D eigenvalue weighted by Gasteiger charge is 2.11. The lowest BCUT2D eigenvalue weighted by Crippen LogP contribution is -2.25. The maximum Gasteiger partial charge on any atom is 0.224 e. The molecule has 1 aromatic heterocycles. The molecule has 0 unspecified atom stereocenters. The Hall–Kier alpha value is -1.62. The lowest BCUT2D eigenvalue weighted by molar-refractivity contribution is -0.120. The second-order valence-corrected chi connectivity index (χ2v) is 5.31. The van der Waals surface area contributed by atoms with Crippen molar-refractivity contribution in [2.45, 2.75) is 26.8 Å². The zero-order valence-electron chi connectivity index (χ0n) is 11.0. The Kier molecular flexibility index (Phi) is 4.37. The van der Waals surface area contributed by atoms with Crippen LogP contribution in [0, 0.1) is 13.8 Å². The fourth-order valence-electron chi connectivity index (χ4n) is 1.89. The van der Waals surface area contributed by atoms with Crippen molar-refractivity contribution in [3.63, 3.8) is 0 Å². The predicted octanol–water partition coefficient (Wildman–Crippen LogP) is 2.65. The van der Waals surface area contributed by atoms with Crippen molar-refractivity contribution in [3.05, 3.63) is 51.3 Å². The number of H-pyrrole nitrogens is 1. The van der Waals surface area contributed by atoms with Crippen molar-refractivity contribution in [2.75, 3.05) is 0 Å². The number of amides is 1. The quantitative estimate of drug-likeness (QED) is 0.909. The van der Waals surface area contributed by atoms with E-state index < -0.39 is 0 Å². The second kappa shape index (κ2) is 6.02. The van der Waals surface area contributed by atoms with Crippen LogP contribution in [0.15, 0.2) is 28.7 Å². The van der Waals surface area contributed by atoms with Crippen LogP contribution in [-0.4, -0.2) is 16.1 Å². The molecule has 5 heteroatoms. The number of aryl methyl sites for hydroxylation is 2. The van der Waals surface area contributed by atoms with Gasteiger partial charge >= 0.3 is 0 Å². The third-order valence-electron chi connectivity index (χ3n) is 3.05. The highest BCUT2D eigenvalue weighted by Crippen LogP contribution is 2.15.